The zero-order valence-electron chi connectivity index (χ0n) is 13.6. The summed E-state index contributed by atoms with van der Waals surface area (Å²) in [6.45, 7) is 2.50. The van der Waals surface area contributed by atoms with Crippen LogP contribution in [-0.4, -0.2) is 35.5 Å². The predicted molar refractivity (Wildman–Crippen MR) is 89.9 cm³/mol. The van der Waals surface area contributed by atoms with E-state index in [1.165, 1.54) is 11.6 Å². The molecule has 0 aliphatic carbocycles. The van der Waals surface area contributed by atoms with Gasteiger partial charge in [-0.3, -0.25) is 19.6 Å². The lowest BCUT2D eigenvalue weighted by atomic mass is 10.1. The lowest BCUT2D eigenvalue weighted by Gasteiger charge is -2.15. The predicted octanol–water partition coefficient (Wildman–Crippen LogP) is 0.996. The van der Waals surface area contributed by atoms with Gasteiger partial charge in [-0.25, -0.2) is 5.48 Å². The van der Waals surface area contributed by atoms with Gasteiger partial charge in [-0.2, -0.15) is 0 Å². The number of carbonyl (C=O) groups excluding carboxylic acids is 3. The van der Waals surface area contributed by atoms with Gasteiger partial charge >= 0.3 is 0 Å². The van der Waals surface area contributed by atoms with Crippen LogP contribution in [0.1, 0.15) is 31.7 Å². The fourth-order valence-corrected chi connectivity index (χ4v) is 1.91. The minimum Gasteiger partial charge on any atom is -0.356 e. The summed E-state index contributed by atoms with van der Waals surface area (Å²) in [6, 6.07) is 8.02. The third-order valence-electron chi connectivity index (χ3n) is 3.21. The lowest BCUT2D eigenvalue weighted by molar-refractivity contribution is -0.136. The molecule has 0 radical (unpaired) electrons. The van der Waals surface area contributed by atoms with Gasteiger partial charge in [0.15, 0.2) is 0 Å². The van der Waals surface area contributed by atoms with Crippen molar-refractivity contribution < 1.29 is 19.6 Å². The van der Waals surface area contributed by atoms with Gasteiger partial charge in [-0.15, -0.1) is 0 Å². The first-order chi connectivity index (χ1) is 11.6. The molecule has 0 aliphatic heterocycles. The number of hydroxylamine groups is 1. The fraction of sp³-hybridized carbons (Fsp3) is 0.353. The Labute approximate surface area is 141 Å². The number of carbonyl (C=O) groups is 3. The number of hydrogen-bond donors (Lipinski definition) is 4. The summed E-state index contributed by atoms with van der Waals surface area (Å²) in [5.41, 5.74) is 2.29. The van der Waals surface area contributed by atoms with Crippen molar-refractivity contribution in [2.24, 2.45) is 0 Å². The highest BCUT2D eigenvalue weighted by Crippen LogP contribution is 2.01. The molecule has 24 heavy (non-hydrogen) atoms. The van der Waals surface area contributed by atoms with Gasteiger partial charge in [0.25, 0.3) is 5.91 Å². The first kappa shape index (κ1) is 19.4. The number of hydrogen-bond acceptors (Lipinski definition) is 4. The quantitative estimate of drug-likeness (QED) is 0.234. The number of rotatable bonds is 9. The molecule has 1 aromatic carbocycles. The van der Waals surface area contributed by atoms with Crippen LogP contribution in [-0.2, 0) is 14.4 Å². The summed E-state index contributed by atoms with van der Waals surface area (Å²) < 4.78 is 0. The zero-order chi connectivity index (χ0) is 17.8. The lowest BCUT2D eigenvalue weighted by Crippen LogP contribution is -2.48. The molecular formula is C17H23N3O4. The van der Waals surface area contributed by atoms with Crippen molar-refractivity contribution >= 4 is 23.8 Å². The number of amides is 3. The van der Waals surface area contributed by atoms with E-state index in [9.17, 15) is 14.4 Å². The molecule has 7 heteroatoms. The van der Waals surface area contributed by atoms with E-state index < -0.39 is 17.9 Å². The van der Waals surface area contributed by atoms with Crippen molar-refractivity contribution in [1.29, 1.82) is 0 Å². The van der Waals surface area contributed by atoms with E-state index in [1.807, 2.05) is 37.3 Å². The Kier molecular flexibility index (Phi) is 8.85. The molecule has 1 aromatic rings. The zero-order valence-corrected chi connectivity index (χ0v) is 13.6. The SMILES string of the molecule is CCCCNC(=O)CC(NC(=O)C=Cc1ccccc1)C(=O)NO. The fourth-order valence-electron chi connectivity index (χ4n) is 1.91. The molecule has 130 valence electrons. The second-order valence-corrected chi connectivity index (χ2v) is 5.19. The van der Waals surface area contributed by atoms with Gasteiger partial charge in [-0.05, 0) is 18.1 Å². The second kappa shape index (κ2) is 11.0. The molecule has 0 spiro atoms. The maximum Gasteiger partial charge on any atom is 0.266 e. The van der Waals surface area contributed by atoms with Crippen LogP contribution in [0.2, 0.25) is 0 Å². The Morgan fingerprint density at radius 1 is 1.21 bits per heavy atom. The third kappa shape index (κ3) is 7.55. The number of nitrogens with one attached hydrogen (secondary N) is 3. The molecule has 1 rings (SSSR count). The Hall–Kier alpha value is -2.67. The van der Waals surface area contributed by atoms with Crippen molar-refractivity contribution in [2.75, 3.05) is 6.54 Å². The molecule has 0 saturated carbocycles. The van der Waals surface area contributed by atoms with Gasteiger partial charge in [0.05, 0.1) is 6.42 Å². The Bertz CT molecular complexity index is 572. The van der Waals surface area contributed by atoms with Crippen molar-refractivity contribution in [1.82, 2.24) is 16.1 Å². The standard InChI is InChI=1S/C17H23N3O4/c1-2-3-11-18-16(22)12-14(17(23)20-24)19-15(21)10-9-13-7-5-4-6-8-13/h4-10,14,24H,2-3,11-12H2,1H3,(H,18,22)(H,19,21)(H,20,23). The maximum absolute atomic E-state index is 11.9. The smallest absolute Gasteiger partial charge is 0.266 e. The van der Waals surface area contributed by atoms with Crippen LogP contribution in [0.25, 0.3) is 6.08 Å². The molecule has 4 N–H and O–H groups in total. The summed E-state index contributed by atoms with van der Waals surface area (Å²) in [6.07, 6.45) is 4.37. The normalized spacial score (nSPS) is 11.8. The average Bonchev–Trinajstić information content (AvgIpc) is 2.60. The minimum absolute atomic E-state index is 0.249. The van der Waals surface area contributed by atoms with Crippen molar-refractivity contribution in [3.05, 3.63) is 42.0 Å². The van der Waals surface area contributed by atoms with Crippen LogP contribution in [0.5, 0.6) is 0 Å². The molecule has 1 atom stereocenters. The topological polar surface area (TPSA) is 108 Å². The van der Waals surface area contributed by atoms with Crippen LogP contribution in [0, 0.1) is 0 Å². The number of unbranched alkanes of at least 4 members (excludes halogenated alkanes) is 1. The molecule has 7 nitrogen and oxygen atoms in total. The third-order valence-corrected chi connectivity index (χ3v) is 3.21. The maximum atomic E-state index is 11.9. The van der Waals surface area contributed by atoms with Crippen LogP contribution < -0.4 is 16.1 Å². The summed E-state index contributed by atoms with van der Waals surface area (Å²) in [5.74, 6) is -1.75. The van der Waals surface area contributed by atoms with Crippen molar-refractivity contribution in [3.63, 3.8) is 0 Å². The van der Waals surface area contributed by atoms with Crippen LogP contribution in [0.15, 0.2) is 36.4 Å². The van der Waals surface area contributed by atoms with Gasteiger partial charge in [-0.1, -0.05) is 43.7 Å². The molecular weight excluding hydrogens is 310 g/mol. The van der Waals surface area contributed by atoms with Crippen LogP contribution in [0.4, 0.5) is 0 Å². The van der Waals surface area contributed by atoms with E-state index >= 15 is 0 Å². The summed E-state index contributed by atoms with van der Waals surface area (Å²) in [5, 5.41) is 13.8. The Balaban J connectivity index is 2.58. The average molecular weight is 333 g/mol. The largest absolute Gasteiger partial charge is 0.356 e. The first-order valence-corrected chi connectivity index (χ1v) is 7.81. The molecule has 0 aliphatic rings. The van der Waals surface area contributed by atoms with Crippen molar-refractivity contribution in [3.8, 4) is 0 Å². The van der Waals surface area contributed by atoms with Gasteiger partial charge in [0, 0.05) is 12.6 Å². The molecule has 0 fully saturated rings. The van der Waals surface area contributed by atoms with E-state index in [0.29, 0.717) is 6.54 Å². The highest BCUT2D eigenvalue weighted by Gasteiger charge is 2.22. The Morgan fingerprint density at radius 3 is 2.54 bits per heavy atom. The Morgan fingerprint density at radius 2 is 1.92 bits per heavy atom. The van der Waals surface area contributed by atoms with Crippen LogP contribution in [0.3, 0.4) is 0 Å². The van der Waals surface area contributed by atoms with Crippen LogP contribution >= 0.6 is 0 Å². The van der Waals surface area contributed by atoms with Gasteiger partial charge < -0.3 is 10.6 Å². The summed E-state index contributed by atoms with van der Waals surface area (Å²) in [4.78, 5) is 35.3. The molecule has 3 amide bonds. The van der Waals surface area contributed by atoms with E-state index in [1.54, 1.807) is 6.08 Å². The summed E-state index contributed by atoms with van der Waals surface area (Å²) in [7, 11) is 0. The van der Waals surface area contributed by atoms with E-state index in [2.05, 4.69) is 10.6 Å². The molecule has 0 aromatic heterocycles. The van der Waals surface area contributed by atoms with E-state index in [4.69, 9.17) is 5.21 Å². The molecule has 0 bridgehead atoms. The highest BCUT2D eigenvalue weighted by molar-refractivity contribution is 5.97. The minimum atomic E-state index is -1.15. The monoisotopic (exact) mass is 333 g/mol. The molecule has 0 saturated heterocycles. The van der Waals surface area contributed by atoms with E-state index in [0.717, 1.165) is 18.4 Å². The molecule has 0 heterocycles. The second-order valence-electron chi connectivity index (χ2n) is 5.19. The summed E-state index contributed by atoms with van der Waals surface area (Å²) >= 11 is 0. The first-order valence-electron chi connectivity index (χ1n) is 7.81. The highest BCUT2D eigenvalue weighted by atomic mass is 16.5. The molecule has 1 unspecified atom stereocenters. The van der Waals surface area contributed by atoms with E-state index in [-0.39, 0.29) is 12.3 Å². The van der Waals surface area contributed by atoms with Gasteiger partial charge in [0.2, 0.25) is 11.8 Å². The van der Waals surface area contributed by atoms with Gasteiger partial charge in [0.1, 0.15) is 6.04 Å². The van der Waals surface area contributed by atoms with Crippen molar-refractivity contribution in [2.45, 2.75) is 32.2 Å². The number of benzene rings is 1.